The zero-order chi connectivity index (χ0) is 17.7. The fourth-order valence-corrected chi connectivity index (χ4v) is 1.86. The Kier molecular flexibility index (Phi) is 4.90. The molecule has 0 radical (unpaired) electrons. The molecule has 0 unspecified atom stereocenters. The third kappa shape index (κ3) is 4.36. The van der Waals surface area contributed by atoms with Gasteiger partial charge in [-0.1, -0.05) is 12.1 Å². The smallest absolute Gasteiger partial charge is 0.416 e. The Morgan fingerprint density at radius 1 is 1.17 bits per heavy atom. The van der Waals surface area contributed by atoms with E-state index in [2.05, 4.69) is 5.32 Å². The van der Waals surface area contributed by atoms with E-state index in [1.165, 1.54) is 36.4 Å². The summed E-state index contributed by atoms with van der Waals surface area (Å²) in [6.45, 7) is 0. The van der Waals surface area contributed by atoms with Gasteiger partial charge >= 0.3 is 6.18 Å². The highest BCUT2D eigenvalue weighted by atomic mass is 19.4. The largest absolute Gasteiger partial charge is 0.508 e. The second kappa shape index (κ2) is 6.87. The fourth-order valence-electron chi connectivity index (χ4n) is 1.86. The first kappa shape index (κ1) is 17.1. The van der Waals surface area contributed by atoms with Crippen molar-refractivity contribution in [1.29, 1.82) is 5.26 Å². The van der Waals surface area contributed by atoms with Crippen molar-refractivity contribution >= 4 is 17.7 Å². The maximum atomic E-state index is 12.7. The van der Waals surface area contributed by atoms with Gasteiger partial charge in [0, 0.05) is 5.69 Å². The minimum absolute atomic E-state index is 0.00742. The lowest BCUT2D eigenvalue weighted by Crippen LogP contribution is -2.13. The number of carbonyl (C=O) groups is 1. The predicted octanol–water partition coefficient (Wildman–Crippen LogP) is 3.96. The maximum absolute atomic E-state index is 12.7. The molecule has 0 aliphatic heterocycles. The highest BCUT2D eigenvalue weighted by Gasteiger charge is 2.30. The van der Waals surface area contributed by atoms with E-state index >= 15 is 0 Å². The molecule has 24 heavy (non-hydrogen) atoms. The number of amides is 1. The van der Waals surface area contributed by atoms with Crippen molar-refractivity contribution in [2.45, 2.75) is 6.18 Å². The molecule has 1 amide bonds. The SMILES string of the molecule is N#C/C(=C/c1cccc(C(F)(F)F)c1)C(=O)Nc1ccc(O)cc1. The van der Waals surface area contributed by atoms with Crippen LogP contribution >= 0.6 is 0 Å². The molecule has 2 aromatic rings. The number of nitrogens with one attached hydrogen (secondary N) is 1. The van der Waals surface area contributed by atoms with Crippen molar-refractivity contribution in [3.8, 4) is 11.8 Å². The summed E-state index contributed by atoms with van der Waals surface area (Å²) >= 11 is 0. The van der Waals surface area contributed by atoms with Gasteiger partial charge in [0.05, 0.1) is 5.56 Å². The van der Waals surface area contributed by atoms with Gasteiger partial charge in [-0.25, -0.2) is 0 Å². The summed E-state index contributed by atoms with van der Waals surface area (Å²) in [7, 11) is 0. The zero-order valence-corrected chi connectivity index (χ0v) is 12.1. The number of carbonyl (C=O) groups excluding carboxylic acids is 1. The van der Waals surface area contributed by atoms with Gasteiger partial charge in [0.2, 0.25) is 0 Å². The number of alkyl halides is 3. The molecule has 0 atom stereocenters. The summed E-state index contributed by atoms with van der Waals surface area (Å²) in [5.74, 6) is -0.756. The lowest BCUT2D eigenvalue weighted by Gasteiger charge is -2.07. The van der Waals surface area contributed by atoms with Crippen LogP contribution in [0.15, 0.2) is 54.1 Å². The molecule has 122 valence electrons. The number of nitriles is 1. The molecule has 0 aliphatic carbocycles. The van der Waals surface area contributed by atoms with Crippen molar-refractivity contribution in [2.75, 3.05) is 5.32 Å². The average molecular weight is 332 g/mol. The van der Waals surface area contributed by atoms with Gasteiger partial charge in [0.1, 0.15) is 17.4 Å². The van der Waals surface area contributed by atoms with Crippen molar-refractivity contribution in [3.63, 3.8) is 0 Å². The molecule has 0 saturated carbocycles. The van der Waals surface area contributed by atoms with Gasteiger partial charge in [0.15, 0.2) is 0 Å². The molecular formula is C17H11F3N2O2. The molecule has 2 rings (SSSR count). The minimum Gasteiger partial charge on any atom is -0.508 e. The molecule has 0 aliphatic rings. The molecule has 2 N–H and O–H groups in total. The van der Waals surface area contributed by atoms with E-state index in [0.29, 0.717) is 5.69 Å². The number of phenols is 1. The molecule has 0 fully saturated rings. The third-order valence-corrected chi connectivity index (χ3v) is 3.02. The van der Waals surface area contributed by atoms with Gasteiger partial charge in [0.25, 0.3) is 5.91 Å². The second-order valence-electron chi connectivity index (χ2n) is 4.79. The Balaban J connectivity index is 2.24. The Bertz CT molecular complexity index is 819. The van der Waals surface area contributed by atoms with Crippen molar-refractivity contribution in [2.24, 2.45) is 0 Å². The standard InChI is InChI=1S/C17H11F3N2O2/c18-17(19,20)13-3-1-2-11(9-13)8-12(10-21)16(24)22-14-4-6-15(23)7-5-14/h1-9,23H,(H,22,24)/b12-8-. The van der Waals surface area contributed by atoms with E-state index in [0.717, 1.165) is 18.2 Å². The van der Waals surface area contributed by atoms with Crippen molar-refractivity contribution < 1.29 is 23.1 Å². The van der Waals surface area contributed by atoms with Crippen LogP contribution in [-0.4, -0.2) is 11.0 Å². The Morgan fingerprint density at radius 2 is 1.83 bits per heavy atom. The van der Waals surface area contributed by atoms with Gasteiger partial charge in [-0.15, -0.1) is 0 Å². The van der Waals surface area contributed by atoms with E-state index in [-0.39, 0.29) is 16.9 Å². The van der Waals surface area contributed by atoms with Crippen LogP contribution in [0.3, 0.4) is 0 Å². The first-order valence-corrected chi connectivity index (χ1v) is 6.69. The van der Waals surface area contributed by atoms with Crippen LogP contribution in [-0.2, 0) is 11.0 Å². The Morgan fingerprint density at radius 3 is 2.42 bits per heavy atom. The number of hydrogen-bond acceptors (Lipinski definition) is 3. The van der Waals surface area contributed by atoms with E-state index < -0.39 is 17.6 Å². The average Bonchev–Trinajstić information content (AvgIpc) is 2.54. The fraction of sp³-hybridized carbons (Fsp3) is 0.0588. The molecular weight excluding hydrogens is 321 g/mol. The van der Waals surface area contributed by atoms with Crippen LogP contribution in [0.1, 0.15) is 11.1 Å². The highest BCUT2D eigenvalue weighted by molar-refractivity contribution is 6.09. The highest BCUT2D eigenvalue weighted by Crippen LogP contribution is 2.30. The van der Waals surface area contributed by atoms with Gasteiger partial charge < -0.3 is 10.4 Å². The Labute approximate surface area is 135 Å². The first-order chi connectivity index (χ1) is 11.3. The quantitative estimate of drug-likeness (QED) is 0.508. The first-order valence-electron chi connectivity index (χ1n) is 6.69. The van der Waals surface area contributed by atoms with Crippen LogP contribution in [0.25, 0.3) is 6.08 Å². The Hall–Kier alpha value is -3.27. The monoisotopic (exact) mass is 332 g/mol. The van der Waals surface area contributed by atoms with Crippen molar-refractivity contribution in [3.05, 3.63) is 65.2 Å². The van der Waals surface area contributed by atoms with E-state index in [1.54, 1.807) is 6.07 Å². The number of hydrogen-bond donors (Lipinski definition) is 2. The minimum atomic E-state index is -4.51. The third-order valence-electron chi connectivity index (χ3n) is 3.02. The summed E-state index contributed by atoms with van der Waals surface area (Å²) in [6, 6.07) is 11.5. The summed E-state index contributed by atoms with van der Waals surface area (Å²) in [4.78, 5) is 12.0. The maximum Gasteiger partial charge on any atom is 0.416 e. The van der Waals surface area contributed by atoms with Crippen LogP contribution < -0.4 is 5.32 Å². The van der Waals surface area contributed by atoms with Crippen LogP contribution in [0.2, 0.25) is 0 Å². The number of anilines is 1. The zero-order valence-electron chi connectivity index (χ0n) is 12.1. The van der Waals surface area contributed by atoms with Gasteiger partial charge in [-0.2, -0.15) is 18.4 Å². The van der Waals surface area contributed by atoms with Gasteiger partial charge in [-0.05, 0) is 48.0 Å². The second-order valence-corrected chi connectivity index (χ2v) is 4.79. The van der Waals surface area contributed by atoms with Gasteiger partial charge in [-0.3, -0.25) is 4.79 Å². The number of phenolic OH excluding ortho intramolecular Hbond substituents is 1. The van der Waals surface area contributed by atoms with Crippen molar-refractivity contribution in [1.82, 2.24) is 0 Å². The molecule has 7 heteroatoms. The normalized spacial score (nSPS) is 11.7. The number of halogens is 3. The molecule has 4 nitrogen and oxygen atoms in total. The van der Waals surface area contributed by atoms with Crippen LogP contribution in [0.4, 0.5) is 18.9 Å². The molecule has 2 aromatic carbocycles. The van der Waals surface area contributed by atoms with E-state index in [1.807, 2.05) is 0 Å². The number of rotatable bonds is 3. The summed E-state index contributed by atoms with van der Waals surface area (Å²) in [6.07, 6.45) is -3.43. The van der Waals surface area contributed by atoms with E-state index in [4.69, 9.17) is 10.4 Å². The van der Waals surface area contributed by atoms with Crippen LogP contribution in [0.5, 0.6) is 5.75 Å². The predicted molar refractivity (Wildman–Crippen MR) is 81.8 cm³/mol. The number of nitrogens with zero attached hydrogens (tertiary/aromatic N) is 1. The summed E-state index contributed by atoms with van der Waals surface area (Å²) in [5.41, 5.74) is -0.792. The number of benzene rings is 2. The molecule has 0 spiro atoms. The number of aromatic hydroxyl groups is 1. The molecule has 0 aromatic heterocycles. The molecule has 0 bridgehead atoms. The molecule has 0 saturated heterocycles. The summed E-state index contributed by atoms with van der Waals surface area (Å²) < 4.78 is 38.0. The molecule has 0 heterocycles. The topological polar surface area (TPSA) is 73.1 Å². The summed E-state index contributed by atoms with van der Waals surface area (Å²) in [5, 5.41) is 20.7. The van der Waals surface area contributed by atoms with E-state index in [9.17, 15) is 18.0 Å². The van der Waals surface area contributed by atoms with Crippen LogP contribution in [0, 0.1) is 11.3 Å². The lowest BCUT2D eigenvalue weighted by atomic mass is 10.1. The lowest BCUT2D eigenvalue weighted by molar-refractivity contribution is -0.137.